The number of fused-ring (bicyclic) bond motifs is 1. The maximum Gasteiger partial charge on any atom is 0.330 e. The number of hydrogen-bond acceptors (Lipinski definition) is 5. The molecule has 5 nitrogen and oxygen atoms in total. The first-order chi connectivity index (χ1) is 15.2. The minimum absolute atomic E-state index is 0.138. The third-order valence-electron chi connectivity index (χ3n) is 5.78. The number of methoxy groups -OCH3 is 3. The van der Waals surface area contributed by atoms with Crippen LogP contribution in [0.15, 0.2) is 42.5 Å². The summed E-state index contributed by atoms with van der Waals surface area (Å²) in [4.78, 5) is 13.6. The Morgan fingerprint density at radius 1 is 1.12 bits per heavy atom. The number of carbonyl (C=O) groups excluding carboxylic acids is 1. The van der Waals surface area contributed by atoms with Crippen LogP contribution in [0.5, 0.6) is 11.5 Å². The van der Waals surface area contributed by atoms with E-state index in [1.165, 1.54) is 18.7 Å². The zero-order valence-electron chi connectivity index (χ0n) is 19.6. The lowest BCUT2D eigenvalue weighted by Crippen LogP contribution is -2.47. The van der Waals surface area contributed by atoms with Crippen molar-refractivity contribution in [1.29, 1.82) is 0 Å². The van der Waals surface area contributed by atoms with Gasteiger partial charge in [0, 0.05) is 24.2 Å². The average molecular weight is 442 g/mol. The lowest BCUT2D eigenvalue weighted by molar-refractivity contribution is -0.134. The van der Waals surface area contributed by atoms with Crippen LogP contribution in [-0.4, -0.2) is 50.5 Å². The van der Waals surface area contributed by atoms with Gasteiger partial charge in [-0.25, -0.2) is 9.18 Å². The molecule has 172 valence electrons. The van der Waals surface area contributed by atoms with Crippen molar-refractivity contribution in [2.75, 3.05) is 27.9 Å². The second-order valence-electron chi connectivity index (χ2n) is 8.74. The maximum atomic E-state index is 14.9. The summed E-state index contributed by atoms with van der Waals surface area (Å²) < 4.78 is 30.9. The highest BCUT2D eigenvalue weighted by Gasteiger charge is 2.39. The summed E-state index contributed by atoms with van der Waals surface area (Å²) in [5, 5.41) is 0. The number of halogens is 1. The van der Waals surface area contributed by atoms with Crippen molar-refractivity contribution in [2.24, 2.45) is 0 Å². The van der Waals surface area contributed by atoms with Crippen molar-refractivity contribution in [3.8, 4) is 11.5 Å². The van der Waals surface area contributed by atoms with Crippen molar-refractivity contribution >= 4 is 12.0 Å². The van der Waals surface area contributed by atoms with Crippen LogP contribution in [0.2, 0.25) is 0 Å². The number of alkyl halides is 1. The molecular weight excluding hydrogens is 409 g/mol. The van der Waals surface area contributed by atoms with E-state index < -0.39 is 11.6 Å². The fourth-order valence-electron chi connectivity index (χ4n) is 4.39. The van der Waals surface area contributed by atoms with Gasteiger partial charge in [-0.15, -0.1) is 0 Å². The molecular formula is C26H32FNO4. The standard InChI is InChI=1S/C26H32FNO4/c1-17-15-20-12-13-21(30-4)25(32-6)23(20)24(28(17)16-26(2,3)27)19-10-7-18(8-11-19)9-14-22(29)31-5/h7-14,17,24H,15-16H2,1-6H3/b14-9+/t17-,24-/m1/s1. The summed E-state index contributed by atoms with van der Waals surface area (Å²) in [5.41, 5.74) is 2.70. The van der Waals surface area contributed by atoms with Crippen molar-refractivity contribution in [1.82, 2.24) is 4.90 Å². The van der Waals surface area contributed by atoms with E-state index in [0.29, 0.717) is 11.5 Å². The zero-order chi connectivity index (χ0) is 23.5. The highest BCUT2D eigenvalue weighted by atomic mass is 19.1. The average Bonchev–Trinajstić information content (AvgIpc) is 2.76. The molecule has 0 radical (unpaired) electrons. The summed E-state index contributed by atoms with van der Waals surface area (Å²) in [6, 6.07) is 11.9. The van der Waals surface area contributed by atoms with Gasteiger partial charge in [0.2, 0.25) is 0 Å². The van der Waals surface area contributed by atoms with E-state index in [2.05, 4.69) is 22.6 Å². The monoisotopic (exact) mass is 441 g/mol. The molecule has 0 aromatic heterocycles. The molecule has 1 aliphatic heterocycles. The summed E-state index contributed by atoms with van der Waals surface area (Å²) in [5.74, 6) is 0.929. The molecule has 0 spiro atoms. The Kier molecular flexibility index (Phi) is 7.24. The number of esters is 1. The number of ether oxygens (including phenoxy) is 3. The number of hydrogen-bond donors (Lipinski definition) is 0. The van der Waals surface area contributed by atoms with Gasteiger partial charge >= 0.3 is 5.97 Å². The molecule has 2 atom stereocenters. The molecule has 1 heterocycles. The molecule has 0 bridgehead atoms. The molecule has 0 saturated carbocycles. The van der Waals surface area contributed by atoms with Gasteiger partial charge < -0.3 is 14.2 Å². The molecule has 6 heteroatoms. The fourth-order valence-corrected chi connectivity index (χ4v) is 4.39. The molecule has 32 heavy (non-hydrogen) atoms. The van der Waals surface area contributed by atoms with E-state index >= 15 is 0 Å². The predicted octanol–water partition coefficient (Wildman–Crippen LogP) is 4.97. The van der Waals surface area contributed by atoms with Crippen LogP contribution < -0.4 is 9.47 Å². The van der Waals surface area contributed by atoms with Crippen LogP contribution in [0.25, 0.3) is 6.08 Å². The first-order valence-corrected chi connectivity index (χ1v) is 10.7. The number of carbonyl (C=O) groups is 1. The van der Waals surface area contributed by atoms with Crippen LogP contribution in [0.4, 0.5) is 4.39 Å². The van der Waals surface area contributed by atoms with Gasteiger partial charge in [0.05, 0.1) is 27.4 Å². The predicted molar refractivity (Wildman–Crippen MR) is 124 cm³/mol. The van der Waals surface area contributed by atoms with Crippen LogP contribution in [0, 0.1) is 0 Å². The van der Waals surface area contributed by atoms with Gasteiger partial charge in [0.25, 0.3) is 0 Å². The smallest absolute Gasteiger partial charge is 0.330 e. The number of nitrogens with zero attached hydrogens (tertiary/aromatic N) is 1. The third-order valence-corrected chi connectivity index (χ3v) is 5.78. The molecule has 0 amide bonds. The Balaban J connectivity index is 2.12. The van der Waals surface area contributed by atoms with Crippen molar-refractivity contribution < 1.29 is 23.4 Å². The maximum absolute atomic E-state index is 14.9. The topological polar surface area (TPSA) is 48.0 Å². The Morgan fingerprint density at radius 2 is 1.81 bits per heavy atom. The van der Waals surface area contributed by atoms with Gasteiger partial charge in [-0.05, 0) is 56.0 Å². The van der Waals surface area contributed by atoms with Crippen molar-refractivity contribution in [2.45, 2.75) is 44.9 Å². The molecule has 0 unspecified atom stereocenters. The van der Waals surface area contributed by atoms with Gasteiger partial charge in [-0.2, -0.15) is 0 Å². The van der Waals surface area contributed by atoms with Crippen LogP contribution in [0.3, 0.4) is 0 Å². The fraction of sp³-hybridized carbons (Fsp3) is 0.423. The van der Waals surface area contributed by atoms with Crippen LogP contribution >= 0.6 is 0 Å². The van der Waals surface area contributed by atoms with E-state index in [1.807, 2.05) is 30.3 Å². The number of benzene rings is 2. The first-order valence-electron chi connectivity index (χ1n) is 10.7. The van der Waals surface area contributed by atoms with Crippen molar-refractivity contribution in [3.63, 3.8) is 0 Å². The second kappa shape index (κ2) is 9.74. The molecule has 0 saturated heterocycles. The van der Waals surface area contributed by atoms with Gasteiger partial charge in [0.1, 0.15) is 5.67 Å². The van der Waals surface area contributed by atoms with Crippen molar-refractivity contribution in [3.05, 3.63) is 64.7 Å². The minimum atomic E-state index is -1.36. The summed E-state index contributed by atoms with van der Waals surface area (Å²) in [6.45, 7) is 5.63. The van der Waals surface area contributed by atoms with Gasteiger partial charge in [-0.3, -0.25) is 4.90 Å². The lowest BCUT2D eigenvalue weighted by atomic mass is 9.83. The number of rotatable bonds is 7. The molecule has 0 fully saturated rings. The zero-order valence-corrected chi connectivity index (χ0v) is 19.6. The van der Waals surface area contributed by atoms with Gasteiger partial charge in [0.15, 0.2) is 11.5 Å². The molecule has 2 aromatic carbocycles. The molecule has 1 aliphatic rings. The quantitative estimate of drug-likeness (QED) is 0.448. The van der Waals surface area contributed by atoms with E-state index in [-0.39, 0.29) is 18.6 Å². The highest BCUT2D eigenvalue weighted by Crippen LogP contribution is 2.47. The third kappa shape index (κ3) is 5.13. The SMILES string of the molecule is COC(=O)/C=C/c1ccc([C@@H]2c3c(ccc(OC)c3OC)C[C@@H](C)N2CC(C)(C)F)cc1. The first kappa shape index (κ1) is 23.8. The lowest BCUT2D eigenvalue weighted by Gasteiger charge is -2.44. The van der Waals surface area contributed by atoms with Crippen LogP contribution in [-0.2, 0) is 16.0 Å². The Hall–Kier alpha value is -2.86. The van der Waals surface area contributed by atoms with Gasteiger partial charge in [-0.1, -0.05) is 30.3 Å². The Bertz CT molecular complexity index is 979. The summed E-state index contributed by atoms with van der Waals surface area (Å²) in [7, 11) is 4.60. The van der Waals surface area contributed by atoms with E-state index in [1.54, 1.807) is 34.1 Å². The van der Waals surface area contributed by atoms with E-state index in [0.717, 1.165) is 23.1 Å². The summed E-state index contributed by atoms with van der Waals surface area (Å²) >= 11 is 0. The highest BCUT2D eigenvalue weighted by molar-refractivity contribution is 5.86. The normalized spacial score (nSPS) is 19.0. The molecule has 3 rings (SSSR count). The van der Waals surface area contributed by atoms with E-state index in [4.69, 9.17) is 9.47 Å². The minimum Gasteiger partial charge on any atom is -0.493 e. The second-order valence-corrected chi connectivity index (χ2v) is 8.74. The molecule has 0 N–H and O–H groups in total. The molecule has 2 aromatic rings. The van der Waals surface area contributed by atoms with E-state index in [9.17, 15) is 9.18 Å². The summed E-state index contributed by atoms with van der Waals surface area (Å²) in [6.07, 6.45) is 3.89. The Morgan fingerprint density at radius 3 is 2.38 bits per heavy atom. The largest absolute Gasteiger partial charge is 0.493 e. The molecule has 0 aliphatic carbocycles. The van der Waals surface area contributed by atoms with Crippen LogP contribution in [0.1, 0.15) is 49.1 Å². The Labute approximate surface area is 189 Å².